The monoisotopic (exact) mass is 489 g/mol. The molecule has 3 aromatic rings. The predicted octanol–water partition coefficient (Wildman–Crippen LogP) is 6.27. The normalized spacial score (nSPS) is 11.5. The zero-order chi connectivity index (χ0) is 23.3. The quantitative estimate of drug-likeness (QED) is 0.231. The minimum Gasteiger partial charge on any atom is -0.324 e. The van der Waals surface area contributed by atoms with Gasteiger partial charge < -0.3 is 10.6 Å². The molecule has 0 aliphatic heterocycles. The van der Waals surface area contributed by atoms with Gasteiger partial charge in [-0.3, -0.25) is 19.7 Å². The number of amides is 2. The van der Waals surface area contributed by atoms with Crippen molar-refractivity contribution >= 4 is 63.8 Å². The Morgan fingerprint density at radius 2 is 1.75 bits per heavy atom. The van der Waals surface area contributed by atoms with E-state index in [-0.39, 0.29) is 17.2 Å². The van der Waals surface area contributed by atoms with Crippen LogP contribution >= 0.6 is 35.0 Å². The van der Waals surface area contributed by atoms with Gasteiger partial charge in [-0.15, -0.1) is 11.8 Å². The Balaban J connectivity index is 1.66. The molecule has 0 saturated carbocycles. The van der Waals surface area contributed by atoms with E-state index in [1.807, 2.05) is 6.07 Å². The number of carbonyl (C=O) groups excluding carboxylic acids is 2. The van der Waals surface area contributed by atoms with Gasteiger partial charge in [-0.05, 0) is 49.4 Å². The molecule has 0 heterocycles. The van der Waals surface area contributed by atoms with Gasteiger partial charge in [-0.25, -0.2) is 0 Å². The largest absolute Gasteiger partial charge is 0.324 e. The van der Waals surface area contributed by atoms with E-state index < -0.39 is 16.1 Å². The summed E-state index contributed by atoms with van der Waals surface area (Å²) in [5, 5.41) is 16.7. The summed E-state index contributed by atoms with van der Waals surface area (Å²) in [4.78, 5) is 36.1. The topological polar surface area (TPSA) is 101 Å². The van der Waals surface area contributed by atoms with Gasteiger partial charge >= 0.3 is 0 Å². The van der Waals surface area contributed by atoms with E-state index >= 15 is 0 Å². The Bertz CT molecular complexity index is 1190. The first-order chi connectivity index (χ1) is 15.2. The van der Waals surface area contributed by atoms with E-state index in [9.17, 15) is 19.7 Å². The molecule has 10 heteroatoms. The van der Waals surface area contributed by atoms with Crippen LogP contribution in [-0.4, -0.2) is 22.0 Å². The van der Waals surface area contributed by atoms with Gasteiger partial charge in [0.15, 0.2) is 0 Å². The van der Waals surface area contributed by atoms with E-state index in [0.29, 0.717) is 21.4 Å². The van der Waals surface area contributed by atoms with Crippen LogP contribution in [-0.2, 0) is 4.79 Å². The summed E-state index contributed by atoms with van der Waals surface area (Å²) in [6, 6.07) is 17.2. The standard InChI is InChI=1S/C22H17Cl2N3O4S/c1-13(21(28)26-20-11-15(23)8-9-19(20)24)32-18-7-3-5-16(12-18)25-22(29)14-4-2-6-17(10-14)27(30)31/h2-13H,1H3,(H,25,29)(H,26,28). The van der Waals surface area contributed by atoms with Gasteiger partial charge in [0.2, 0.25) is 5.91 Å². The van der Waals surface area contributed by atoms with Gasteiger partial charge in [-0.1, -0.05) is 35.3 Å². The Morgan fingerprint density at radius 3 is 2.50 bits per heavy atom. The fourth-order valence-corrected chi connectivity index (χ4v) is 3.96. The number of hydrogen-bond acceptors (Lipinski definition) is 5. The Morgan fingerprint density at radius 1 is 1.00 bits per heavy atom. The molecule has 0 aromatic heterocycles. The highest BCUT2D eigenvalue weighted by atomic mass is 35.5. The third kappa shape index (κ3) is 6.23. The fraction of sp³-hybridized carbons (Fsp3) is 0.0909. The molecule has 3 rings (SSSR count). The van der Waals surface area contributed by atoms with Crippen LogP contribution in [0.25, 0.3) is 0 Å². The Kier molecular flexibility index (Phi) is 7.74. The molecular weight excluding hydrogens is 473 g/mol. The SMILES string of the molecule is CC(Sc1cccc(NC(=O)c2cccc([N+](=O)[O-])c2)c1)C(=O)Nc1cc(Cl)ccc1Cl. The maximum absolute atomic E-state index is 12.6. The van der Waals surface area contributed by atoms with Gasteiger partial charge in [0.1, 0.15) is 0 Å². The van der Waals surface area contributed by atoms with Crippen molar-refractivity contribution in [2.24, 2.45) is 0 Å². The Labute approximate surface area is 198 Å². The lowest BCUT2D eigenvalue weighted by atomic mass is 10.2. The maximum Gasteiger partial charge on any atom is 0.270 e. The summed E-state index contributed by atoms with van der Waals surface area (Å²) in [7, 11) is 0. The second-order valence-corrected chi connectivity index (χ2v) is 8.92. The summed E-state index contributed by atoms with van der Waals surface area (Å²) in [5.74, 6) is -0.734. The molecule has 0 spiro atoms. The highest BCUT2D eigenvalue weighted by Crippen LogP contribution is 2.29. The molecule has 0 radical (unpaired) electrons. The van der Waals surface area contributed by atoms with E-state index in [1.165, 1.54) is 36.0 Å². The third-order valence-electron chi connectivity index (χ3n) is 4.28. The number of nitro groups is 1. The summed E-state index contributed by atoms with van der Waals surface area (Å²) in [6.07, 6.45) is 0. The van der Waals surface area contributed by atoms with E-state index in [1.54, 1.807) is 43.3 Å². The van der Waals surface area contributed by atoms with Crippen molar-refractivity contribution in [2.75, 3.05) is 10.6 Å². The fourth-order valence-electron chi connectivity index (χ4n) is 2.70. The van der Waals surface area contributed by atoms with E-state index in [4.69, 9.17) is 23.2 Å². The number of non-ortho nitro benzene ring substituents is 1. The smallest absolute Gasteiger partial charge is 0.270 e. The summed E-state index contributed by atoms with van der Waals surface area (Å²) in [6.45, 7) is 1.74. The molecule has 1 unspecified atom stereocenters. The van der Waals surface area contributed by atoms with Crippen LogP contribution in [0, 0.1) is 10.1 Å². The van der Waals surface area contributed by atoms with Crippen LogP contribution in [0.4, 0.5) is 17.1 Å². The molecule has 0 fully saturated rings. The highest BCUT2D eigenvalue weighted by Gasteiger charge is 2.17. The molecule has 0 saturated heterocycles. The molecule has 32 heavy (non-hydrogen) atoms. The zero-order valence-corrected chi connectivity index (χ0v) is 19.0. The number of rotatable bonds is 7. The molecule has 3 aromatic carbocycles. The van der Waals surface area contributed by atoms with Crippen molar-refractivity contribution in [1.82, 2.24) is 0 Å². The maximum atomic E-state index is 12.6. The molecule has 164 valence electrons. The van der Waals surface area contributed by atoms with Crippen molar-refractivity contribution in [3.8, 4) is 0 Å². The second-order valence-electron chi connectivity index (χ2n) is 6.66. The number of anilines is 2. The minimum absolute atomic E-state index is 0.165. The molecule has 0 aliphatic rings. The van der Waals surface area contributed by atoms with Crippen molar-refractivity contribution < 1.29 is 14.5 Å². The molecular formula is C22H17Cl2N3O4S. The van der Waals surface area contributed by atoms with E-state index in [2.05, 4.69) is 10.6 Å². The number of benzene rings is 3. The number of thioether (sulfide) groups is 1. The van der Waals surface area contributed by atoms with Crippen LogP contribution < -0.4 is 10.6 Å². The van der Waals surface area contributed by atoms with Gasteiger partial charge in [0.05, 0.1) is 20.9 Å². The van der Waals surface area contributed by atoms with Crippen molar-refractivity contribution in [1.29, 1.82) is 0 Å². The first-order valence-electron chi connectivity index (χ1n) is 9.31. The highest BCUT2D eigenvalue weighted by molar-refractivity contribution is 8.00. The van der Waals surface area contributed by atoms with Crippen LogP contribution in [0.15, 0.2) is 71.6 Å². The number of carbonyl (C=O) groups is 2. The van der Waals surface area contributed by atoms with Gasteiger partial charge in [0, 0.05) is 33.3 Å². The Hall–Kier alpha value is -3.07. The van der Waals surface area contributed by atoms with Crippen LogP contribution in [0.1, 0.15) is 17.3 Å². The van der Waals surface area contributed by atoms with Crippen molar-refractivity contribution in [3.63, 3.8) is 0 Å². The molecule has 7 nitrogen and oxygen atoms in total. The molecule has 0 bridgehead atoms. The first-order valence-corrected chi connectivity index (χ1v) is 10.9. The predicted molar refractivity (Wildman–Crippen MR) is 128 cm³/mol. The lowest BCUT2D eigenvalue weighted by Gasteiger charge is -2.14. The molecule has 1 atom stereocenters. The van der Waals surface area contributed by atoms with Crippen molar-refractivity contribution in [3.05, 3.63) is 92.5 Å². The molecule has 0 aliphatic carbocycles. The van der Waals surface area contributed by atoms with Crippen LogP contribution in [0.2, 0.25) is 10.0 Å². The average Bonchev–Trinajstić information content (AvgIpc) is 2.76. The third-order valence-corrected chi connectivity index (χ3v) is 5.94. The number of halogens is 2. The molecule has 2 N–H and O–H groups in total. The van der Waals surface area contributed by atoms with Crippen LogP contribution in [0.5, 0.6) is 0 Å². The number of nitrogens with zero attached hydrogens (tertiary/aromatic N) is 1. The average molecular weight is 490 g/mol. The number of nitro benzene ring substituents is 1. The van der Waals surface area contributed by atoms with E-state index in [0.717, 1.165) is 4.90 Å². The lowest BCUT2D eigenvalue weighted by molar-refractivity contribution is -0.384. The zero-order valence-electron chi connectivity index (χ0n) is 16.7. The lowest BCUT2D eigenvalue weighted by Crippen LogP contribution is -2.22. The second kappa shape index (κ2) is 10.5. The number of hydrogen-bond donors (Lipinski definition) is 2. The van der Waals surface area contributed by atoms with Crippen LogP contribution in [0.3, 0.4) is 0 Å². The van der Waals surface area contributed by atoms with Crippen molar-refractivity contribution in [2.45, 2.75) is 17.1 Å². The minimum atomic E-state index is -0.558. The summed E-state index contributed by atoms with van der Waals surface area (Å²) >= 11 is 13.3. The number of nitrogens with one attached hydrogen (secondary N) is 2. The van der Waals surface area contributed by atoms with Gasteiger partial charge in [-0.2, -0.15) is 0 Å². The summed E-state index contributed by atoms with van der Waals surface area (Å²) < 4.78 is 0. The first kappa shape index (κ1) is 23.6. The summed E-state index contributed by atoms with van der Waals surface area (Å²) in [5.41, 5.74) is 0.927. The van der Waals surface area contributed by atoms with Gasteiger partial charge in [0.25, 0.3) is 11.6 Å². The molecule has 2 amide bonds.